The molecule has 0 radical (unpaired) electrons. The highest BCUT2D eigenvalue weighted by Crippen LogP contribution is 2.27. The summed E-state index contributed by atoms with van der Waals surface area (Å²) in [6, 6.07) is 0. The van der Waals surface area contributed by atoms with E-state index in [2.05, 4.69) is 0 Å². The van der Waals surface area contributed by atoms with E-state index in [0.29, 0.717) is 0 Å². The summed E-state index contributed by atoms with van der Waals surface area (Å²) < 4.78 is 11.1. The lowest BCUT2D eigenvalue weighted by molar-refractivity contribution is -0.305. The number of rotatable bonds is 2. The van der Waals surface area contributed by atoms with E-state index in [0.717, 1.165) is 25.7 Å². The summed E-state index contributed by atoms with van der Waals surface area (Å²) in [4.78, 5) is 0. The second kappa shape index (κ2) is 5.63. The number of aliphatic hydroxyl groups is 3. The van der Waals surface area contributed by atoms with E-state index in [1.54, 1.807) is 6.92 Å². The molecule has 1 aliphatic carbocycles. The standard InChI is InChI=1S/C12H22O5/c1-7-9(13)10(14)11(15)12(16-7)17-8-5-3-2-4-6-8/h7-15H,2-6H2,1H3/t7-,9-,10+,11+,12+/m0/s1. The minimum absolute atomic E-state index is 0.0954. The fourth-order valence-electron chi connectivity index (χ4n) is 2.52. The van der Waals surface area contributed by atoms with Crippen molar-refractivity contribution in [1.29, 1.82) is 0 Å². The molecule has 0 aromatic rings. The van der Waals surface area contributed by atoms with Gasteiger partial charge in [-0.05, 0) is 19.8 Å². The zero-order chi connectivity index (χ0) is 12.4. The summed E-state index contributed by atoms with van der Waals surface area (Å²) in [7, 11) is 0. The summed E-state index contributed by atoms with van der Waals surface area (Å²) in [5, 5.41) is 29.0. The summed E-state index contributed by atoms with van der Waals surface area (Å²) in [6.45, 7) is 1.66. The number of hydrogen-bond acceptors (Lipinski definition) is 5. The SMILES string of the molecule is C[C@@H]1O[C@H](OC2CCCCC2)[C@H](O)[C@H](O)[C@H]1O. The Hall–Kier alpha value is -0.200. The van der Waals surface area contributed by atoms with Gasteiger partial charge in [-0.3, -0.25) is 0 Å². The van der Waals surface area contributed by atoms with Gasteiger partial charge in [0, 0.05) is 0 Å². The maximum Gasteiger partial charge on any atom is 0.186 e. The van der Waals surface area contributed by atoms with Crippen LogP contribution in [0.2, 0.25) is 0 Å². The molecule has 5 nitrogen and oxygen atoms in total. The molecule has 2 fully saturated rings. The second-order valence-corrected chi connectivity index (χ2v) is 5.08. The van der Waals surface area contributed by atoms with Gasteiger partial charge in [-0.25, -0.2) is 0 Å². The van der Waals surface area contributed by atoms with Gasteiger partial charge in [-0.2, -0.15) is 0 Å². The molecule has 0 bridgehead atoms. The van der Waals surface area contributed by atoms with Crippen molar-refractivity contribution in [3.63, 3.8) is 0 Å². The molecule has 2 aliphatic rings. The number of hydrogen-bond donors (Lipinski definition) is 3. The number of aliphatic hydroxyl groups excluding tert-OH is 3. The summed E-state index contributed by atoms with van der Waals surface area (Å²) in [6.07, 6.45) is 0.742. The molecular weight excluding hydrogens is 224 g/mol. The molecule has 0 aromatic carbocycles. The van der Waals surface area contributed by atoms with E-state index >= 15 is 0 Å². The Morgan fingerprint density at radius 3 is 2.24 bits per heavy atom. The van der Waals surface area contributed by atoms with Crippen molar-refractivity contribution in [1.82, 2.24) is 0 Å². The zero-order valence-electron chi connectivity index (χ0n) is 10.2. The fraction of sp³-hybridized carbons (Fsp3) is 1.00. The molecular formula is C12H22O5. The third kappa shape index (κ3) is 2.98. The van der Waals surface area contributed by atoms with Gasteiger partial charge in [0.25, 0.3) is 0 Å². The van der Waals surface area contributed by atoms with Crippen LogP contribution in [-0.4, -0.2) is 52.1 Å². The Labute approximate surface area is 101 Å². The molecule has 0 unspecified atom stereocenters. The molecule has 17 heavy (non-hydrogen) atoms. The molecule has 100 valence electrons. The molecule has 0 aromatic heterocycles. The fourth-order valence-corrected chi connectivity index (χ4v) is 2.52. The van der Waals surface area contributed by atoms with Crippen LogP contribution in [0.15, 0.2) is 0 Å². The van der Waals surface area contributed by atoms with Crippen molar-refractivity contribution < 1.29 is 24.8 Å². The van der Waals surface area contributed by atoms with Gasteiger partial charge in [-0.15, -0.1) is 0 Å². The van der Waals surface area contributed by atoms with Crippen LogP contribution in [0.5, 0.6) is 0 Å². The first-order valence-electron chi connectivity index (χ1n) is 6.44. The van der Waals surface area contributed by atoms with Crippen LogP contribution in [0.1, 0.15) is 39.0 Å². The van der Waals surface area contributed by atoms with Crippen molar-refractivity contribution in [2.24, 2.45) is 0 Å². The number of ether oxygens (including phenoxy) is 2. The lowest BCUT2D eigenvalue weighted by Gasteiger charge is -2.40. The Kier molecular flexibility index (Phi) is 4.38. The third-order valence-electron chi connectivity index (χ3n) is 3.69. The minimum Gasteiger partial charge on any atom is -0.388 e. The molecule has 5 atom stereocenters. The predicted molar refractivity (Wildman–Crippen MR) is 60.3 cm³/mol. The van der Waals surface area contributed by atoms with Gasteiger partial charge >= 0.3 is 0 Å². The van der Waals surface area contributed by atoms with Crippen LogP contribution in [0.25, 0.3) is 0 Å². The Morgan fingerprint density at radius 1 is 0.941 bits per heavy atom. The summed E-state index contributed by atoms with van der Waals surface area (Å²) in [5.41, 5.74) is 0. The average Bonchev–Trinajstić information content (AvgIpc) is 2.35. The molecule has 2 rings (SSSR count). The molecule has 1 aliphatic heterocycles. The van der Waals surface area contributed by atoms with Crippen LogP contribution < -0.4 is 0 Å². The highest BCUT2D eigenvalue weighted by atomic mass is 16.7. The van der Waals surface area contributed by atoms with Crippen LogP contribution >= 0.6 is 0 Å². The lowest BCUT2D eigenvalue weighted by Crippen LogP contribution is -2.58. The van der Waals surface area contributed by atoms with Crippen molar-refractivity contribution in [3.05, 3.63) is 0 Å². The predicted octanol–water partition coefficient (Wildman–Crippen LogP) is 0.163. The van der Waals surface area contributed by atoms with Crippen LogP contribution in [0.3, 0.4) is 0 Å². The molecule has 0 amide bonds. The highest BCUT2D eigenvalue weighted by Gasteiger charge is 2.43. The van der Waals surface area contributed by atoms with E-state index in [-0.39, 0.29) is 6.10 Å². The third-order valence-corrected chi connectivity index (χ3v) is 3.69. The van der Waals surface area contributed by atoms with E-state index in [1.807, 2.05) is 0 Å². The molecule has 5 heteroatoms. The van der Waals surface area contributed by atoms with Gasteiger partial charge in [0.05, 0.1) is 12.2 Å². The maximum atomic E-state index is 9.80. The normalized spacial score (nSPS) is 44.8. The largest absolute Gasteiger partial charge is 0.388 e. The zero-order valence-corrected chi connectivity index (χ0v) is 10.2. The van der Waals surface area contributed by atoms with Gasteiger partial charge in [-0.1, -0.05) is 19.3 Å². The van der Waals surface area contributed by atoms with Crippen LogP contribution in [-0.2, 0) is 9.47 Å². The monoisotopic (exact) mass is 246 g/mol. The lowest BCUT2D eigenvalue weighted by atomic mass is 9.97. The Bertz CT molecular complexity index is 241. The summed E-state index contributed by atoms with van der Waals surface area (Å²) >= 11 is 0. The van der Waals surface area contributed by atoms with E-state index < -0.39 is 30.7 Å². The quantitative estimate of drug-likeness (QED) is 0.647. The highest BCUT2D eigenvalue weighted by molar-refractivity contribution is 4.87. The van der Waals surface area contributed by atoms with Crippen LogP contribution in [0.4, 0.5) is 0 Å². The van der Waals surface area contributed by atoms with Crippen molar-refractivity contribution >= 4 is 0 Å². The maximum absolute atomic E-state index is 9.80. The van der Waals surface area contributed by atoms with Gasteiger partial charge in [0.15, 0.2) is 6.29 Å². The summed E-state index contributed by atoms with van der Waals surface area (Å²) in [5.74, 6) is 0. The average molecular weight is 246 g/mol. The first-order chi connectivity index (χ1) is 8.09. The van der Waals surface area contributed by atoms with E-state index in [9.17, 15) is 15.3 Å². The Morgan fingerprint density at radius 2 is 1.59 bits per heavy atom. The van der Waals surface area contributed by atoms with Crippen molar-refractivity contribution in [2.75, 3.05) is 0 Å². The first kappa shape index (κ1) is 13.2. The van der Waals surface area contributed by atoms with Crippen molar-refractivity contribution in [3.8, 4) is 0 Å². The Balaban J connectivity index is 1.90. The molecule has 0 spiro atoms. The topological polar surface area (TPSA) is 79.2 Å². The van der Waals surface area contributed by atoms with E-state index in [1.165, 1.54) is 6.42 Å². The van der Waals surface area contributed by atoms with Crippen LogP contribution in [0, 0.1) is 0 Å². The molecule has 1 saturated carbocycles. The van der Waals surface area contributed by atoms with Gasteiger partial charge in [0.2, 0.25) is 0 Å². The van der Waals surface area contributed by atoms with Gasteiger partial charge < -0.3 is 24.8 Å². The minimum atomic E-state index is -1.20. The first-order valence-corrected chi connectivity index (χ1v) is 6.44. The molecule has 1 heterocycles. The molecule has 1 saturated heterocycles. The van der Waals surface area contributed by atoms with E-state index in [4.69, 9.17) is 9.47 Å². The smallest absolute Gasteiger partial charge is 0.186 e. The van der Waals surface area contributed by atoms with Crippen molar-refractivity contribution in [2.45, 2.75) is 75.8 Å². The molecule has 3 N–H and O–H groups in total. The van der Waals surface area contributed by atoms with Gasteiger partial charge in [0.1, 0.15) is 18.3 Å². The second-order valence-electron chi connectivity index (χ2n) is 5.08.